The Morgan fingerprint density at radius 1 is 1.67 bits per heavy atom. The fraction of sp³-hybridized carbons (Fsp3) is 0.667. The Morgan fingerprint density at radius 2 is 2.22 bits per heavy atom. The van der Waals surface area contributed by atoms with Gasteiger partial charge in [-0.05, 0) is 0 Å². The lowest BCUT2D eigenvalue weighted by Crippen LogP contribution is -2.32. The maximum Gasteiger partial charge on any atom is 0.339 e. The summed E-state index contributed by atoms with van der Waals surface area (Å²) in [5.74, 6) is 0. The number of nitrogens with one attached hydrogen (secondary N) is 2. The minimum Gasteiger partial charge on any atom is -0.339 e. The smallest absolute Gasteiger partial charge is 0.339 e. The number of carbonyl (C=O) groups excluding carboxylic acids is 1. The molecule has 0 saturated carbocycles. The second kappa shape index (κ2) is 4.28. The molecule has 0 aromatic carbocycles. The lowest BCUT2D eigenvalue weighted by atomic mass is 11.0. The van der Waals surface area contributed by atoms with E-state index in [1.54, 1.807) is 0 Å². The Balaban J connectivity index is 3.28. The second-order valence-corrected chi connectivity index (χ2v) is 2.14. The van der Waals surface area contributed by atoms with Crippen LogP contribution in [0.4, 0.5) is 4.79 Å². The third kappa shape index (κ3) is 5.25. The van der Waals surface area contributed by atoms with Crippen molar-refractivity contribution in [3.8, 4) is 0 Å². The molecule has 0 fully saturated rings. The number of hydroxylamine groups is 1. The van der Waals surface area contributed by atoms with Gasteiger partial charge in [-0.1, -0.05) is 0 Å². The van der Waals surface area contributed by atoms with Crippen LogP contribution in [0.5, 0.6) is 0 Å². The summed E-state index contributed by atoms with van der Waals surface area (Å²) in [6.45, 7) is 0. The molecule has 1 unspecified atom stereocenters. The largest absolute Gasteiger partial charge is 0.339 e. The van der Waals surface area contributed by atoms with Crippen molar-refractivity contribution >= 4 is 17.1 Å². The van der Waals surface area contributed by atoms with Crippen molar-refractivity contribution in [2.75, 3.05) is 13.3 Å². The fourth-order valence-electron chi connectivity index (χ4n) is 0.148. The average molecular weight is 152 g/mol. The predicted octanol–water partition coefficient (Wildman–Crippen LogP) is -0.860. The summed E-state index contributed by atoms with van der Waals surface area (Å²) in [5, 5.41) is 2.21. The first-order chi connectivity index (χ1) is 4.16. The summed E-state index contributed by atoms with van der Waals surface area (Å²) >= 11 is -1.46. The quantitative estimate of drug-likeness (QED) is 0.506. The molecule has 0 aliphatic rings. The van der Waals surface area contributed by atoms with Gasteiger partial charge in [0.2, 0.25) is 0 Å². The van der Waals surface area contributed by atoms with E-state index in [0.717, 1.165) is 0 Å². The fourth-order valence-corrected chi connectivity index (χ4v) is 0.341. The molecule has 0 spiro atoms. The van der Waals surface area contributed by atoms with Gasteiger partial charge >= 0.3 is 6.03 Å². The van der Waals surface area contributed by atoms with Crippen LogP contribution in [0.2, 0.25) is 0 Å². The minimum atomic E-state index is -1.46. The van der Waals surface area contributed by atoms with Crippen LogP contribution in [-0.4, -0.2) is 23.5 Å². The number of rotatable bonds is 2. The first kappa shape index (κ1) is 8.38. The molecule has 0 aromatic heterocycles. The minimum absolute atomic E-state index is 0.523. The lowest BCUT2D eigenvalue weighted by Gasteiger charge is -1.98. The molecule has 0 aromatic rings. The van der Waals surface area contributed by atoms with Gasteiger partial charge in [0, 0.05) is 13.3 Å². The maximum absolute atomic E-state index is 10.2. The molecule has 2 amide bonds. The Labute approximate surface area is 55.4 Å². The zero-order chi connectivity index (χ0) is 7.28. The van der Waals surface area contributed by atoms with Crippen LogP contribution in [0, 0.1) is 0 Å². The van der Waals surface area contributed by atoms with Gasteiger partial charge in [-0.2, -0.15) is 4.28 Å². The zero-order valence-corrected chi connectivity index (χ0v) is 5.95. The molecule has 0 rings (SSSR count). The molecule has 54 valence electrons. The Morgan fingerprint density at radius 3 is 2.56 bits per heavy atom. The van der Waals surface area contributed by atoms with Crippen LogP contribution < -0.4 is 10.8 Å². The highest BCUT2D eigenvalue weighted by Crippen LogP contribution is 1.70. The van der Waals surface area contributed by atoms with Crippen molar-refractivity contribution in [3.63, 3.8) is 0 Å². The normalized spacial score (nSPS) is 12.2. The van der Waals surface area contributed by atoms with Crippen LogP contribution in [0.3, 0.4) is 0 Å². The van der Waals surface area contributed by atoms with Crippen molar-refractivity contribution < 1.29 is 13.3 Å². The second-order valence-electron chi connectivity index (χ2n) is 1.17. The van der Waals surface area contributed by atoms with E-state index in [-0.39, 0.29) is 0 Å². The van der Waals surface area contributed by atoms with Crippen LogP contribution in [0.1, 0.15) is 0 Å². The summed E-state index contributed by atoms with van der Waals surface area (Å²) < 4.78 is 14.3. The highest BCUT2D eigenvalue weighted by Gasteiger charge is 1.94. The van der Waals surface area contributed by atoms with E-state index in [0.29, 0.717) is 0 Å². The van der Waals surface area contributed by atoms with E-state index in [4.69, 9.17) is 0 Å². The Kier molecular flexibility index (Phi) is 3.98. The highest BCUT2D eigenvalue weighted by molar-refractivity contribution is 7.79. The van der Waals surface area contributed by atoms with Crippen LogP contribution in [-0.2, 0) is 15.4 Å². The first-order valence-corrected chi connectivity index (χ1v) is 3.63. The summed E-state index contributed by atoms with van der Waals surface area (Å²) in [4.78, 5) is 10.2. The van der Waals surface area contributed by atoms with Gasteiger partial charge < -0.3 is 5.32 Å². The third-order valence-corrected chi connectivity index (χ3v) is 0.797. The average Bonchev–Trinajstić information content (AvgIpc) is 1.83. The molecule has 0 aliphatic carbocycles. The SMILES string of the molecule is CNC(=O)NOS(C)=O. The molecular weight excluding hydrogens is 144 g/mol. The van der Waals surface area contributed by atoms with E-state index in [9.17, 15) is 9.00 Å². The van der Waals surface area contributed by atoms with Gasteiger partial charge in [0.15, 0.2) is 11.1 Å². The Bertz CT molecular complexity index is 126. The molecule has 0 aliphatic heterocycles. The molecular formula is C3H8N2O3S. The molecule has 9 heavy (non-hydrogen) atoms. The van der Waals surface area contributed by atoms with E-state index in [1.165, 1.54) is 13.3 Å². The topological polar surface area (TPSA) is 67.4 Å². The number of carbonyl (C=O) groups is 1. The molecule has 6 heteroatoms. The van der Waals surface area contributed by atoms with Crippen LogP contribution in [0.15, 0.2) is 0 Å². The zero-order valence-electron chi connectivity index (χ0n) is 5.13. The molecule has 5 nitrogen and oxygen atoms in total. The number of amides is 2. The third-order valence-electron chi connectivity index (χ3n) is 0.479. The Hall–Kier alpha value is -0.620. The van der Waals surface area contributed by atoms with Gasteiger partial charge in [0.25, 0.3) is 0 Å². The molecule has 0 saturated heterocycles. The first-order valence-electron chi connectivity index (χ1n) is 2.15. The van der Waals surface area contributed by atoms with Gasteiger partial charge in [0.1, 0.15) is 0 Å². The van der Waals surface area contributed by atoms with Crippen LogP contribution in [0.25, 0.3) is 0 Å². The summed E-state index contributed by atoms with van der Waals surface area (Å²) in [6.07, 6.45) is 1.30. The number of hydrogen-bond acceptors (Lipinski definition) is 3. The lowest BCUT2D eigenvalue weighted by molar-refractivity contribution is 0.191. The molecule has 0 heterocycles. The van der Waals surface area contributed by atoms with E-state index in [2.05, 4.69) is 9.60 Å². The highest BCUT2D eigenvalue weighted by atomic mass is 32.2. The van der Waals surface area contributed by atoms with Gasteiger partial charge in [0.05, 0.1) is 0 Å². The predicted molar refractivity (Wildman–Crippen MR) is 32.7 cm³/mol. The number of urea groups is 1. The monoisotopic (exact) mass is 152 g/mol. The maximum atomic E-state index is 10.2. The summed E-state index contributed by atoms with van der Waals surface area (Å²) in [7, 11) is 1.43. The molecule has 1 atom stereocenters. The van der Waals surface area contributed by atoms with Crippen molar-refractivity contribution in [2.45, 2.75) is 0 Å². The van der Waals surface area contributed by atoms with E-state index in [1.807, 2.05) is 5.48 Å². The van der Waals surface area contributed by atoms with Crippen molar-refractivity contribution in [3.05, 3.63) is 0 Å². The summed E-state index contributed by atoms with van der Waals surface area (Å²) in [6, 6.07) is -0.523. The van der Waals surface area contributed by atoms with Gasteiger partial charge in [-0.3, -0.25) is 0 Å². The van der Waals surface area contributed by atoms with Gasteiger partial charge in [-0.15, -0.1) is 0 Å². The van der Waals surface area contributed by atoms with Crippen molar-refractivity contribution in [1.82, 2.24) is 10.8 Å². The van der Waals surface area contributed by atoms with Gasteiger partial charge in [-0.25, -0.2) is 14.5 Å². The van der Waals surface area contributed by atoms with Crippen LogP contribution >= 0.6 is 0 Å². The van der Waals surface area contributed by atoms with E-state index >= 15 is 0 Å². The standard InChI is InChI=1S/C3H8N2O3S/c1-4-3(6)5-8-9(2)7/h1-2H3,(H2,4,5,6). The number of hydrogen-bond donors (Lipinski definition) is 2. The van der Waals surface area contributed by atoms with Crippen molar-refractivity contribution in [2.24, 2.45) is 0 Å². The van der Waals surface area contributed by atoms with Crippen molar-refractivity contribution in [1.29, 1.82) is 0 Å². The van der Waals surface area contributed by atoms with E-state index < -0.39 is 17.1 Å². The summed E-state index contributed by atoms with van der Waals surface area (Å²) in [5.41, 5.74) is 1.88. The molecule has 2 N–H and O–H groups in total. The molecule has 0 radical (unpaired) electrons. The molecule has 0 bridgehead atoms.